The molecular formula is C72H132O6. The molecule has 0 fully saturated rings. The van der Waals surface area contributed by atoms with E-state index in [4.69, 9.17) is 14.2 Å². The minimum absolute atomic E-state index is 0.0795. The molecule has 0 aliphatic rings. The quantitative estimate of drug-likeness (QED) is 0.0261. The van der Waals surface area contributed by atoms with Crippen LogP contribution in [0.1, 0.15) is 374 Å². The topological polar surface area (TPSA) is 78.9 Å². The molecule has 0 spiro atoms. The van der Waals surface area contributed by atoms with Crippen molar-refractivity contribution in [3.05, 3.63) is 48.6 Å². The van der Waals surface area contributed by atoms with Gasteiger partial charge in [0.25, 0.3) is 0 Å². The number of allylic oxidation sites excluding steroid dienone is 8. The summed E-state index contributed by atoms with van der Waals surface area (Å²) in [6.07, 6.45) is 84.5. The van der Waals surface area contributed by atoms with Gasteiger partial charge < -0.3 is 14.2 Å². The fraction of sp³-hybridized carbons (Fsp3) is 0.847. The number of hydrogen-bond acceptors (Lipinski definition) is 6. The highest BCUT2D eigenvalue weighted by atomic mass is 16.6. The molecule has 0 radical (unpaired) electrons. The lowest BCUT2D eigenvalue weighted by atomic mass is 10.0. The van der Waals surface area contributed by atoms with Gasteiger partial charge in [0.15, 0.2) is 6.10 Å². The second kappa shape index (κ2) is 66.9. The van der Waals surface area contributed by atoms with E-state index in [1.807, 2.05) is 0 Å². The SMILES string of the molecule is CC/C=C\C/C=C\C/C=C\CCCCCCCC(=O)OC(COC(=O)CCCCCCC/C=C\CCCCCC)COC(=O)CCCCCCCCCCCCCCCCCCCCCCCCCCCCCCCCCC. The van der Waals surface area contributed by atoms with Crippen LogP contribution in [0.5, 0.6) is 0 Å². The molecule has 0 saturated heterocycles. The first-order chi connectivity index (χ1) is 38.5. The standard InChI is InChI=1S/C72H132O6/c1-4-7-10-13-16-19-22-25-27-28-29-30-31-32-33-34-35-36-37-38-39-40-41-42-43-45-47-50-53-56-59-62-65-71(74)77-68-69(67-76-70(73)64-61-58-55-52-49-46-24-21-18-15-12-9-6-3)78-72(75)66-63-60-57-54-51-48-44-26-23-20-17-14-11-8-5-2/h8,11,17,20-21,24,26,44,69H,4-7,9-10,12-16,18-19,22-23,25,27-43,45-68H2,1-3H3/b11-8-,20-17-,24-21-,44-26-. The number of hydrogen-bond donors (Lipinski definition) is 0. The van der Waals surface area contributed by atoms with Gasteiger partial charge in [0, 0.05) is 19.3 Å². The first-order valence-electron chi connectivity index (χ1n) is 34.6. The first-order valence-corrected chi connectivity index (χ1v) is 34.6. The summed E-state index contributed by atoms with van der Waals surface area (Å²) in [5.41, 5.74) is 0. The Bertz CT molecular complexity index is 1350. The molecule has 0 saturated carbocycles. The van der Waals surface area contributed by atoms with Gasteiger partial charge in [0.1, 0.15) is 13.2 Å². The summed E-state index contributed by atoms with van der Waals surface area (Å²) < 4.78 is 16.9. The van der Waals surface area contributed by atoms with Gasteiger partial charge in [-0.3, -0.25) is 14.4 Å². The molecule has 0 aliphatic carbocycles. The average molecular weight is 1090 g/mol. The van der Waals surface area contributed by atoms with Crippen LogP contribution in [0.15, 0.2) is 48.6 Å². The highest BCUT2D eigenvalue weighted by molar-refractivity contribution is 5.71. The van der Waals surface area contributed by atoms with Crippen LogP contribution >= 0.6 is 0 Å². The van der Waals surface area contributed by atoms with Crippen LogP contribution in [-0.4, -0.2) is 37.2 Å². The molecule has 1 atom stereocenters. The van der Waals surface area contributed by atoms with E-state index in [0.29, 0.717) is 19.3 Å². The van der Waals surface area contributed by atoms with E-state index in [1.165, 1.54) is 231 Å². The van der Waals surface area contributed by atoms with Crippen LogP contribution in [0.2, 0.25) is 0 Å². The Morgan fingerprint density at radius 2 is 0.500 bits per heavy atom. The molecule has 0 aliphatic heterocycles. The zero-order valence-corrected chi connectivity index (χ0v) is 52.5. The third-order valence-electron chi connectivity index (χ3n) is 15.6. The maximum atomic E-state index is 12.9. The molecule has 0 aromatic heterocycles. The van der Waals surface area contributed by atoms with E-state index in [2.05, 4.69) is 69.4 Å². The van der Waals surface area contributed by atoms with Crippen molar-refractivity contribution in [2.75, 3.05) is 13.2 Å². The van der Waals surface area contributed by atoms with E-state index in [1.54, 1.807) is 0 Å². The van der Waals surface area contributed by atoms with Crippen LogP contribution in [0.25, 0.3) is 0 Å². The Hall–Kier alpha value is -2.63. The summed E-state index contributed by atoms with van der Waals surface area (Å²) in [5, 5.41) is 0. The lowest BCUT2D eigenvalue weighted by Gasteiger charge is -2.18. The Morgan fingerprint density at radius 3 is 0.808 bits per heavy atom. The first kappa shape index (κ1) is 75.4. The van der Waals surface area contributed by atoms with Crippen molar-refractivity contribution in [2.24, 2.45) is 0 Å². The molecule has 1 unspecified atom stereocenters. The predicted molar refractivity (Wildman–Crippen MR) is 339 cm³/mol. The molecule has 6 heteroatoms. The Kier molecular flexibility index (Phi) is 64.6. The summed E-state index contributed by atoms with van der Waals surface area (Å²) in [6.45, 7) is 6.55. The number of unbranched alkanes of at least 4 members (excludes halogenated alkanes) is 45. The lowest BCUT2D eigenvalue weighted by molar-refractivity contribution is -0.167. The molecule has 6 nitrogen and oxygen atoms in total. The Morgan fingerprint density at radius 1 is 0.269 bits per heavy atom. The van der Waals surface area contributed by atoms with Gasteiger partial charge in [0.05, 0.1) is 0 Å². The highest BCUT2D eigenvalue weighted by Gasteiger charge is 2.19. The van der Waals surface area contributed by atoms with Crippen LogP contribution in [0.3, 0.4) is 0 Å². The van der Waals surface area contributed by atoms with Crippen molar-refractivity contribution >= 4 is 17.9 Å². The van der Waals surface area contributed by atoms with Crippen molar-refractivity contribution in [3.63, 3.8) is 0 Å². The Balaban J connectivity index is 4.10. The van der Waals surface area contributed by atoms with Crippen molar-refractivity contribution in [3.8, 4) is 0 Å². The molecule has 456 valence electrons. The maximum Gasteiger partial charge on any atom is 0.306 e. The van der Waals surface area contributed by atoms with Crippen LogP contribution < -0.4 is 0 Å². The number of carbonyl (C=O) groups is 3. The Labute approximate surface area is 486 Å². The fourth-order valence-corrected chi connectivity index (χ4v) is 10.4. The second-order valence-corrected chi connectivity index (χ2v) is 23.4. The molecular weight excluding hydrogens is 961 g/mol. The molecule has 0 amide bonds. The molecule has 78 heavy (non-hydrogen) atoms. The van der Waals surface area contributed by atoms with Gasteiger partial charge in [-0.25, -0.2) is 0 Å². The molecule has 0 heterocycles. The fourth-order valence-electron chi connectivity index (χ4n) is 10.4. The van der Waals surface area contributed by atoms with Crippen molar-refractivity contribution in [1.82, 2.24) is 0 Å². The van der Waals surface area contributed by atoms with E-state index in [9.17, 15) is 14.4 Å². The van der Waals surface area contributed by atoms with Crippen molar-refractivity contribution < 1.29 is 28.6 Å². The normalized spacial score (nSPS) is 12.3. The molecule has 0 N–H and O–H groups in total. The minimum atomic E-state index is -0.784. The number of rotatable bonds is 64. The summed E-state index contributed by atoms with van der Waals surface area (Å²) in [5.74, 6) is -0.886. The highest BCUT2D eigenvalue weighted by Crippen LogP contribution is 2.18. The van der Waals surface area contributed by atoms with Gasteiger partial charge >= 0.3 is 17.9 Å². The number of carbonyl (C=O) groups excluding carboxylic acids is 3. The third-order valence-corrected chi connectivity index (χ3v) is 15.6. The average Bonchev–Trinajstić information content (AvgIpc) is 3.44. The third kappa shape index (κ3) is 64.2. The van der Waals surface area contributed by atoms with Gasteiger partial charge in [-0.2, -0.15) is 0 Å². The number of esters is 3. The zero-order chi connectivity index (χ0) is 56.4. The van der Waals surface area contributed by atoms with E-state index in [0.717, 1.165) is 103 Å². The van der Waals surface area contributed by atoms with Crippen molar-refractivity contribution in [1.29, 1.82) is 0 Å². The minimum Gasteiger partial charge on any atom is -0.462 e. The summed E-state index contributed by atoms with van der Waals surface area (Å²) in [7, 11) is 0. The monoisotopic (exact) mass is 1090 g/mol. The largest absolute Gasteiger partial charge is 0.462 e. The molecule has 0 bridgehead atoms. The molecule has 0 aromatic carbocycles. The smallest absolute Gasteiger partial charge is 0.306 e. The van der Waals surface area contributed by atoms with E-state index < -0.39 is 6.10 Å². The van der Waals surface area contributed by atoms with Crippen LogP contribution in [0.4, 0.5) is 0 Å². The maximum absolute atomic E-state index is 12.9. The zero-order valence-electron chi connectivity index (χ0n) is 52.5. The van der Waals surface area contributed by atoms with Crippen LogP contribution in [-0.2, 0) is 28.6 Å². The van der Waals surface area contributed by atoms with Gasteiger partial charge in [0.2, 0.25) is 0 Å². The lowest BCUT2D eigenvalue weighted by Crippen LogP contribution is -2.30. The summed E-state index contributed by atoms with van der Waals surface area (Å²) in [6, 6.07) is 0. The second-order valence-electron chi connectivity index (χ2n) is 23.4. The molecule has 0 rings (SSSR count). The van der Waals surface area contributed by atoms with Crippen molar-refractivity contribution in [2.45, 2.75) is 380 Å². The van der Waals surface area contributed by atoms with E-state index in [-0.39, 0.29) is 31.1 Å². The van der Waals surface area contributed by atoms with Gasteiger partial charge in [-0.1, -0.05) is 326 Å². The van der Waals surface area contributed by atoms with E-state index >= 15 is 0 Å². The number of ether oxygens (including phenoxy) is 3. The molecule has 0 aromatic rings. The summed E-state index contributed by atoms with van der Waals surface area (Å²) >= 11 is 0. The predicted octanol–water partition coefficient (Wildman–Crippen LogP) is 23.7. The van der Waals surface area contributed by atoms with Crippen LogP contribution in [0, 0.1) is 0 Å². The summed E-state index contributed by atoms with van der Waals surface area (Å²) in [4.78, 5) is 38.3. The van der Waals surface area contributed by atoms with Gasteiger partial charge in [-0.05, 0) is 77.0 Å². The van der Waals surface area contributed by atoms with Gasteiger partial charge in [-0.15, -0.1) is 0 Å².